The van der Waals surface area contributed by atoms with E-state index in [1.54, 1.807) is 28.8 Å². The summed E-state index contributed by atoms with van der Waals surface area (Å²) in [5, 5.41) is 8.42. The van der Waals surface area contributed by atoms with E-state index in [0.29, 0.717) is 18.0 Å². The van der Waals surface area contributed by atoms with E-state index >= 15 is 0 Å². The number of rotatable bonds is 5. The zero-order valence-electron chi connectivity index (χ0n) is 15.3. The summed E-state index contributed by atoms with van der Waals surface area (Å²) in [6.45, 7) is 5.98. The molecule has 0 saturated carbocycles. The number of amides is 1. The Morgan fingerprint density at radius 3 is 2.54 bits per heavy atom. The molecule has 0 fully saturated rings. The molecule has 1 amide bonds. The van der Waals surface area contributed by atoms with Gasteiger partial charge in [-0.25, -0.2) is 9.07 Å². The monoisotopic (exact) mass is 356 g/mol. The Labute approximate surface area is 151 Å². The minimum atomic E-state index is -0.296. The average Bonchev–Trinajstić information content (AvgIpc) is 3.13. The van der Waals surface area contributed by atoms with E-state index < -0.39 is 0 Å². The van der Waals surface area contributed by atoms with E-state index in [4.69, 9.17) is 4.52 Å². The Kier molecular flexibility index (Phi) is 4.88. The molecule has 7 heteroatoms. The Bertz CT molecular complexity index is 928. The van der Waals surface area contributed by atoms with Crippen LogP contribution in [-0.4, -0.2) is 32.8 Å². The van der Waals surface area contributed by atoms with Crippen molar-refractivity contribution in [2.75, 3.05) is 7.05 Å². The molecular weight excluding hydrogens is 335 g/mol. The second kappa shape index (κ2) is 7.11. The van der Waals surface area contributed by atoms with Gasteiger partial charge in [-0.1, -0.05) is 5.16 Å². The highest BCUT2D eigenvalue weighted by molar-refractivity contribution is 5.79. The van der Waals surface area contributed by atoms with Crippen molar-refractivity contribution in [2.45, 2.75) is 33.7 Å². The lowest BCUT2D eigenvalue weighted by Crippen LogP contribution is -2.28. The molecule has 0 radical (unpaired) electrons. The molecule has 0 aliphatic rings. The van der Waals surface area contributed by atoms with Gasteiger partial charge in [0.15, 0.2) is 0 Å². The fraction of sp³-hybridized carbons (Fsp3) is 0.316. The van der Waals surface area contributed by atoms with Gasteiger partial charge in [0.05, 0.1) is 24.3 Å². The first kappa shape index (κ1) is 17.8. The van der Waals surface area contributed by atoms with Gasteiger partial charge in [-0.15, -0.1) is 0 Å². The molecule has 0 saturated heterocycles. The predicted octanol–water partition coefficient (Wildman–Crippen LogP) is 3.13. The molecule has 136 valence electrons. The molecule has 2 heterocycles. The van der Waals surface area contributed by atoms with Crippen molar-refractivity contribution in [3.63, 3.8) is 0 Å². The molecule has 1 aromatic carbocycles. The van der Waals surface area contributed by atoms with E-state index in [2.05, 4.69) is 10.3 Å². The quantitative estimate of drug-likeness (QED) is 0.705. The maximum absolute atomic E-state index is 13.1. The molecule has 3 aromatic rings. The molecule has 0 unspecified atom stereocenters. The third-order valence-electron chi connectivity index (χ3n) is 4.34. The summed E-state index contributed by atoms with van der Waals surface area (Å²) in [5.41, 5.74) is 4.01. The van der Waals surface area contributed by atoms with E-state index in [9.17, 15) is 9.18 Å². The van der Waals surface area contributed by atoms with Crippen molar-refractivity contribution in [1.82, 2.24) is 19.8 Å². The van der Waals surface area contributed by atoms with Gasteiger partial charge >= 0.3 is 0 Å². The molecular formula is C19H21FN4O2. The molecule has 0 bridgehead atoms. The third kappa shape index (κ3) is 3.66. The Balaban J connectivity index is 1.77. The fourth-order valence-electron chi connectivity index (χ4n) is 2.87. The lowest BCUT2D eigenvalue weighted by atomic mass is 10.1. The highest BCUT2D eigenvalue weighted by Crippen LogP contribution is 2.19. The normalized spacial score (nSPS) is 11.0. The van der Waals surface area contributed by atoms with Crippen LogP contribution < -0.4 is 0 Å². The highest BCUT2D eigenvalue weighted by Gasteiger charge is 2.19. The van der Waals surface area contributed by atoms with Gasteiger partial charge in [0.25, 0.3) is 0 Å². The van der Waals surface area contributed by atoms with E-state index in [1.807, 2.05) is 26.8 Å². The fourth-order valence-corrected chi connectivity index (χ4v) is 2.87. The minimum Gasteiger partial charge on any atom is -0.361 e. The number of halogens is 1. The first-order valence-electron chi connectivity index (χ1n) is 8.32. The predicted molar refractivity (Wildman–Crippen MR) is 94.4 cm³/mol. The zero-order chi connectivity index (χ0) is 18.8. The van der Waals surface area contributed by atoms with Crippen LogP contribution in [0, 0.1) is 26.6 Å². The summed E-state index contributed by atoms with van der Waals surface area (Å²) in [6, 6.07) is 7.93. The molecule has 3 rings (SSSR count). The van der Waals surface area contributed by atoms with Crippen LogP contribution in [0.25, 0.3) is 5.69 Å². The number of hydrogen-bond donors (Lipinski definition) is 0. The lowest BCUT2D eigenvalue weighted by molar-refractivity contribution is -0.129. The number of hydrogen-bond acceptors (Lipinski definition) is 4. The molecule has 0 N–H and O–H groups in total. The highest BCUT2D eigenvalue weighted by atomic mass is 19.1. The number of aromatic nitrogens is 3. The number of aryl methyl sites for hydroxylation is 2. The third-order valence-corrected chi connectivity index (χ3v) is 4.34. The number of carbonyl (C=O) groups is 1. The second-order valence-corrected chi connectivity index (χ2v) is 6.39. The van der Waals surface area contributed by atoms with Gasteiger partial charge in [-0.2, -0.15) is 5.10 Å². The van der Waals surface area contributed by atoms with Crippen LogP contribution in [-0.2, 0) is 17.8 Å². The Hall–Kier alpha value is -2.96. The summed E-state index contributed by atoms with van der Waals surface area (Å²) in [4.78, 5) is 14.2. The molecule has 0 atom stereocenters. The van der Waals surface area contributed by atoms with Gasteiger partial charge in [-0.3, -0.25) is 4.79 Å². The second-order valence-electron chi connectivity index (χ2n) is 6.39. The SMILES string of the molecule is Cc1cc(CN(C)C(=O)Cc2c(C)nn(-c3ccc(F)cc3)c2C)no1. The van der Waals surface area contributed by atoms with Crippen LogP contribution in [0.1, 0.15) is 28.4 Å². The van der Waals surface area contributed by atoms with Crippen molar-refractivity contribution in [3.05, 3.63) is 64.6 Å². The van der Waals surface area contributed by atoms with Crippen molar-refractivity contribution in [3.8, 4) is 5.69 Å². The summed E-state index contributed by atoms with van der Waals surface area (Å²) in [7, 11) is 1.74. The standard InChI is InChI=1S/C19H21FN4O2/c1-12-9-16(22-26-12)11-23(4)19(25)10-18-13(2)21-24(14(18)3)17-7-5-15(20)6-8-17/h5-9H,10-11H2,1-4H3. The molecule has 0 spiro atoms. The van der Waals surface area contributed by atoms with Crippen molar-refractivity contribution in [1.29, 1.82) is 0 Å². The first-order valence-corrected chi connectivity index (χ1v) is 8.32. The van der Waals surface area contributed by atoms with Crippen molar-refractivity contribution in [2.24, 2.45) is 0 Å². The number of carbonyl (C=O) groups excluding carboxylic acids is 1. The van der Waals surface area contributed by atoms with E-state index in [1.165, 1.54) is 12.1 Å². The van der Waals surface area contributed by atoms with Crippen LogP contribution in [0.4, 0.5) is 4.39 Å². The first-order chi connectivity index (χ1) is 12.3. The summed E-state index contributed by atoms with van der Waals surface area (Å²) < 4.78 is 19.9. The van der Waals surface area contributed by atoms with Crippen LogP contribution in [0.5, 0.6) is 0 Å². The van der Waals surface area contributed by atoms with Crippen molar-refractivity contribution < 1.29 is 13.7 Å². The van der Waals surface area contributed by atoms with E-state index in [0.717, 1.165) is 22.6 Å². The van der Waals surface area contributed by atoms with Gasteiger partial charge in [0, 0.05) is 24.4 Å². The maximum Gasteiger partial charge on any atom is 0.227 e. The molecule has 0 aliphatic carbocycles. The maximum atomic E-state index is 13.1. The van der Waals surface area contributed by atoms with Gasteiger partial charge in [0.2, 0.25) is 5.91 Å². The number of nitrogens with zero attached hydrogens (tertiary/aromatic N) is 4. The minimum absolute atomic E-state index is 0.0319. The Morgan fingerprint density at radius 1 is 1.23 bits per heavy atom. The van der Waals surface area contributed by atoms with Crippen LogP contribution in [0.2, 0.25) is 0 Å². The number of likely N-dealkylation sites (N-methyl/N-ethyl adjacent to an activating group) is 1. The summed E-state index contributed by atoms with van der Waals surface area (Å²) in [5.74, 6) is 0.388. The van der Waals surface area contributed by atoms with Crippen LogP contribution in [0.15, 0.2) is 34.9 Å². The van der Waals surface area contributed by atoms with Gasteiger partial charge in [0.1, 0.15) is 17.3 Å². The smallest absolute Gasteiger partial charge is 0.227 e. The average molecular weight is 356 g/mol. The van der Waals surface area contributed by atoms with Gasteiger partial charge < -0.3 is 9.42 Å². The van der Waals surface area contributed by atoms with Gasteiger partial charge in [-0.05, 0) is 45.0 Å². The van der Waals surface area contributed by atoms with Crippen molar-refractivity contribution >= 4 is 5.91 Å². The molecule has 26 heavy (non-hydrogen) atoms. The molecule has 6 nitrogen and oxygen atoms in total. The van der Waals surface area contributed by atoms with Crippen LogP contribution >= 0.6 is 0 Å². The zero-order valence-corrected chi connectivity index (χ0v) is 15.3. The molecule has 0 aliphatic heterocycles. The largest absolute Gasteiger partial charge is 0.361 e. The lowest BCUT2D eigenvalue weighted by Gasteiger charge is -2.15. The van der Waals surface area contributed by atoms with E-state index in [-0.39, 0.29) is 18.1 Å². The Morgan fingerprint density at radius 2 is 1.92 bits per heavy atom. The summed E-state index contributed by atoms with van der Waals surface area (Å²) in [6.07, 6.45) is 0.242. The summed E-state index contributed by atoms with van der Waals surface area (Å²) >= 11 is 0. The van der Waals surface area contributed by atoms with Crippen LogP contribution in [0.3, 0.4) is 0 Å². The molecule has 2 aromatic heterocycles. The number of benzene rings is 1. The topological polar surface area (TPSA) is 64.2 Å².